The van der Waals surface area contributed by atoms with Gasteiger partial charge in [-0.3, -0.25) is 9.20 Å². The maximum absolute atomic E-state index is 13.0. The van der Waals surface area contributed by atoms with E-state index >= 15 is 0 Å². The van der Waals surface area contributed by atoms with Gasteiger partial charge in [0.25, 0.3) is 5.91 Å². The lowest BCUT2D eigenvalue weighted by atomic mass is 10.1. The minimum absolute atomic E-state index is 0.103. The van der Waals surface area contributed by atoms with Crippen LogP contribution in [-0.2, 0) is 6.42 Å². The summed E-state index contributed by atoms with van der Waals surface area (Å²) in [5.74, 6) is -0.103. The zero-order chi connectivity index (χ0) is 17.3. The van der Waals surface area contributed by atoms with Crippen LogP contribution in [0.5, 0.6) is 0 Å². The molecule has 1 aromatic carbocycles. The van der Waals surface area contributed by atoms with E-state index in [1.807, 2.05) is 61.7 Å². The van der Waals surface area contributed by atoms with Crippen LogP contribution in [0.3, 0.4) is 0 Å². The largest absolute Gasteiger partial charge is 0.320 e. The smallest absolute Gasteiger partial charge is 0.274 e. The van der Waals surface area contributed by atoms with Crippen LogP contribution < -0.4 is 5.32 Å². The quantitative estimate of drug-likeness (QED) is 0.771. The fourth-order valence-corrected chi connectivity index (χ4v) is 3.09. The Labute approximate surface area is 142 Å². The van der Waals surface area contributed by atoms with Gasteiger partial charge in [-0.1, -0.05) is 37.6 Å². The van der Waals surface area contributed by atoms with E-state index in [4.69, 9.17) is 4.98 Å². The van der Waals surface area contributed by atoms with Gasteiger partial charge in [-0.05, 0) is 49.9 Å². The van der Waals surface area contributed by atoms with Crippen LogP contribution in [0.4, 0.5) is 5.69 Å². The minimum Gasteiger partial charge on any atom is -0.320 e. The highest BCUT2D eigenvalue weighted by Gasteiger charge is 2.20. The molecule has 4 heteroatoms. The summed E-state index contributed by atoms with van der Waals surface area (Å²) in [4.78, 5) is 17.7. The molecule has 0 aliphatic heterocycles. The predicted molar refractivity (Wildman–Crippen MR) is 97.8 cm³/mol. The lowest BCUT2D eigenvalue weighted by Gasteiger charge is -2.12. The SMILES string of the molecule is CCCc1nc2c(C)cccn2c1C(=O)Nc1c(C)cccc1C. The standard InChI is InChI=1S/C20H23N3O/c1-5-8-16-18(23-12-7-11-15(4)19(23)21-16)20(24)22-17-13(2)9-6-10-14(17)3/h6-7,9-12H,5,8H2,1-4H3,(H,22,24). The number of fused-ring (bicyclic) bond motifs is 1. The molecule has 124 valence electrons. The predicted octanol–water partition coefficient (Wildman–Crippen LogP) is 4.46. The Morgan fingerprint density at radius 3 is 2.42 bits per heavy atom. The van der Waals surface area contributed by atoms with E-state index in [1.165, 1.54) is 0 Å². The first-order valence-electron chi connectivity index (χ1n) is 8.37. The second-order valence-corrected chi connectivity index (χ2v) is 6.26. The highest BCUT2D eigenvalue weighted by Crippen LogP contribution is 2.23. The van der Waals surface area contributed by atoms with Gasteiger partial charge in [0.2, 0.25) is 0 Å². The number of aromatic nitrogens is 2. The van der Waals surface area contributed by atoms with Crippen molar-refractivity contribution in [2.75, 3.05) is 5.32 Å². The maximum atomic E-state index is 13.0. The number of carbonyl (C=O) groups is 1. The average molecular weight is 321 g/mol. The van der Waals surface area contributed by atoms with E-state index in [0.717, 1.165) is 46.6 Å². The molecule has 1 N–H and O–H groups in total. The number of pyridine rings is 1. The summed E-state index contributed by atoms with van der Waals surface area (Å²) in [5, 5.41) is 3.09. The summed E-state index contributed by atoms with van der Waals surface area (Å²) in [6.07, 6.45) is 3.65. The van der Waals surface area contributed by atoms with Gasteiger partial charge in [0, 0.05) is 11.9 Å². The number of imidazole rings is 1. The number of anilines is 1. The number of para-hydroxylation sites is 1. The first-order chi connectivity index (χ1) is 11.5. The monoisotopic (exact) mass is 321 g/mol. The molecule has 2 heterocycles. The highest BCUT2D eigenvalue weighted by atomic mass is 16.2. The topological polar surface area (TPSA) is 46.4 Å². The second kappa shape index (κ2) is 6.48. The molecule has 1 amide bonds. The molecule has 3 aromatic rings. The number of aryl methyl sites for hydroxylation is 4. The van der Waals surface area contributed by atoms with Crippen LogP contribution in [0.1, 0.15) is 46.2 Å². The van der Waals surface area contributed by atoms with Crippen molar-refractivity contribution in [1.29, 1.82) is 0 Å². The van der Waals surface area contributed by atoms with Gasteiger partial charge in [-0.2, -0.15) is 0 Å². The zero-order valence-electron chi connectivity index (χ0n) is 14.7. The second-order valence-electron chi connectivity index (χ2n) is 6.26. The van der Waals surface area contributed by atoms with Crippen LogP contribution in [0.15, 0.2) is 36.5 Å². The Bertz CT molecular complexity index is 888. The van der Waals surface area contributed by atoms with Crippen LogP contribution >= 0.6 is 0 Å². The van der Waals surface area contributed by atoms with Gasteiger partial charge in [0.1, 0.15) is 11.3 Å². The lowest BCUT2D eigenvalue weighted by Crippen LogP contribution is -2.17. The Balaban J connectivity index is 2.09. The van der Waals surface area contributed by atoms with Crippen molar-refractivity contribution < 1.29 is 4.79 Å². The Morgan fingerprint density at radius 2 is 1.75 bits per heavy atom. The third kappa shape index (κ3) is 2.80. The minimum atomic E-state index is -0.103. The van der Waals surface area contributed by atoms with Gasteiger partial charge < -0.3 is 5.32 Å². The molecule has 4 nitrogen and oxygen atoms in total. The molecular weight excluding hydrogens is 298 g/mol. The average Bonchev–Trinajstić information content (AvgIpc) is 2.91. The highest BCUT2D eigenvalue weighted by molar-refractivity contribution is 6.05. The van der Waals surface area contributed by atoms with Crippen LogP contribution in [0.25, 0.3) is 5.65 Å². The first-order valence-corrected chi connectivity index (χ1v) is 8.37. The number of hydrogen-bond acceptors (Lipinski definition) is 2. The van der Waals surface area contributed by atoms with E-state index in [2.05, 4.69) is 12.2 Å². The molecular formula is C20H23N3O. The van der Waals surface area contributed by atoms with Gasteiger partial charge in [0.15, 0.2) is 0 Å². The zero-order valence-corrected chi connectivity index (χ0v) is 14.7. The molecule has 0 aliphatic carbocycles. The lowest BCUT2D eigenvalue weighted by molar-refractivity contribution is 0.102. The molecule has 2 aromatic heterocycles. The molecule has 0 saturated carbocycles. The molecule has 0 aliphatic rings. The van der Waals surface area contributed by atoms with Crippen molar-refractivity contribution in [2.45, 2.75) is 40.5 Å². The molecule has 0 radical (unpaired) electrons. The number of nitrogens with zero attached hydrogens (tertiary/aromatic N) is 2. The van der Waals surface area contributed by atoms with Crippen molar-refractivity contribution in [3.8, 4) is 0 Å². The van der Waals surface area contributed by atoms with E-state index in [0.29, 0.717) is 5.69 Å². The summed E-state index contributed by atoms with van der Waals surface area (Å²) in [6.45, 7) is 8.14. The van der Waals surface area contributed by atoms with E-state index in [9.17, 15) is 4.79 Å². The summed E-state index contributed by atoms with van der Waals surface area (Å²) in [6, 6.07) is 9.99. The Kier molecular flexibility index (Phi) is 4.38. The molecule has 0 fully saturated rings. The van der Waals surface area contributed by atoms with Gasteiger partial charge in [-0.25, -0.2) is 4.98 Å². The molecule has 0 saturated heterocycles. The third-order valence-electron chi connectivity index (χ3n) is 4.34. The molecule has 3 rings (SSSR count). The molecule has 0 bridgehead atoms. The summed E-state index contributed by atoms with van der Waals surface area (Å²) in [7, 11) is 0. The molecule has 0 atom stereocenters. The number of rotatable bonds is 4. The molecule has 24 heavy (non-hydrogen) atoms. The number of carbonyl (C=O) groups excluding carboxylic acids is 1. The van der Waals surface area contributed by atoms with Crippen LogP contribution in [-0.4, -0.2) is 15.3 Å². The van der Waals surface area contributed by atoms with E-state index in [1.54, 1.807) is 0 Å². The normalized spacial score (nSPS) is 11.0. The summed E-state index contributed by atoms with van der Waals surface area (Å²) in [5.41, 5.74) is 6.42. The van der Waals surface area contributed by atoms with Crippen LogP contribution in [0, 0.1) is 20.8 Å². The number of benzene rings is 1. The summed E-state index contributed by atoms with van der Waals surface area (Å²) >= 11 is 0. The number of hydrogen-bond donors (Lipinski definition) is 1. The van der Waals surface area contributed by atoms with Gasteiger partial charge in [0.05, 0.1) is 5.69 Å². The van der Waals surface area contributed by atoms with Crippen molar-refractivity contribution in [3.05, 3.63) is 64.6 Å². The Morgan fingerprint density at radius 1 is 1.08 bits per heavy atom. The van der Waals surface area contributed by atoms with E-state index in [-0.39, 0.29) is 5.91 Å². The fraction of sp³-hybridized carbons (Fsp3) is 0.300. The summed E-state index contributed by atoms with van der Waals surface area (Å²) < 4.78 is 1.91. The van der Waals surface area contributed by atoms with Crippen molar-refractivity contribution >= 4 is 17.2 Å². The van der Waals surface area contributed by atoms with Crippen LogP contribution in [0.2, 0.25) is 0 Å². The van der Waals surface area contributed by atoms with Gasteiger partial charge in [-0.15, -0.1) is 0 Å². The fourth-order valence-electron chi connectivity index (χ4n) is 3.09. The third-order valence-corrected chi connectivity index (χ3v) is 4.34. The molecule has 0 unspecified atom stereocenters. The maximum Gasteiger partial charge on any atom is 0.274 e. The Hall–Kier alpha value is -2.62. The number of nitrogens with one attached hydrogen (secondary N) is 1. The van der Waals surface area contributed by atoms with Crippen molar-refractivity contribution in [1.82, 2.24) is 9.38 Å². The van der Waals surface area contributed by atoms with E-state index < -0.39 is 0 Å². The first kappa shape index (κ1) is 16.2. The number of amides is 1. The van der Waals surface area contributed by atoms with Crippen molar-refractivity contribution in [3.63, 3.8) is 0 Å². The molecule has 0 spiro atoms. The van der Waals surface area contributed by atoms with Crippen molar-refractivity contribution in [2.24, 2.45) is 0 Å². The van der Waals surface area contributed by atoms with Gasteiger partial charge >= 0.3 is 0 Å².